The molecule has 138 valence electrons. The quantitative estimate of drug-likeness (QED) is 0.371. The standard InChI is InChI=1S/C20H18FN3O3/c1-13-19(24(26)27)14(2)23(22-13)12-18(15-6-4-3-5-7-15)20(25)16-8-10-17(21)11-9-16/h3-11,18H,12H2,1-2H3/t18-/m0/s1. The molecule has 0 aliphatic carbocycles. The van der Waals surface area contributed by atoms with Gasteiger partial charge in [-0.1, -0.05) is 30.3 Å². The molecular weight excluding hydrogens is 349 g/mol. The van der Waals surface area contributed by atoms with Crippen LogP contribution in [0.15, 0.2) is 54.6 Å². The van der Waals surface area contributed by atoms with Gasteiger partial charge >= 0.3 is 5.69 Å². The van der Waals surface area contributed by atoms with E-state index in [1.165, 1.54) is 28.9 Å². The summed E-state index contributed by atoms with van der Waals surface area (Å²) in [5, 5.41) is 15.5. The highest BCUT2D eigenvalue weighted by Gasteiger charge is 2.27. The van der Waals surface area contributed by atoms with Crippen LogP contribution in [0.4, 0.5) is 10.1 Å². The second-order valence-electron chi connectivity index (χ2n) is 6.29. The minimum absolute atomic E-state index is 0.0453. The Hall–Kier alpha value is -3.35. The number of rotatable bonds is 6. The molecule has 27 heavy (non-hydrogen) atoms. The highest BCUT2D eigenvalue weighted by Crippen LogP contribution is 2.27. The Morgan fingerprint density at radius 2 is 1.78 bits per heavy atom. The highest BCUT2D eigenvalue weighted by molar-refractivity contribution is 6.00. The molecule has 0 spiro atoms. The summed E-state index contributed by atoms with van der Waals surface area (Å²) in [7, 11) is 0. The molecule has 2 aromatic carbocycles. The molecule has 1 aromatic heterocycles. The van der Waals surface area contributed by atoms with Gasteiger partial charge in [0.1, 0.15) is 17.2 Å². The molecule has 7 heteroatoms. The topological polar surface area (TPSA) is 78.0 Å². The summed E-state index contributed by atoms with van der Waals surface area (Å²) in [5.74, 6) is -1.22. The van der Waals surface area contributed by atoms with Crippen molar-refractivity contribution in [3.63, 3.8) is 0 Å². The number of halogens is 1. The summed E-state index contributed by atoms with van der Waals surface area (Å²) in [5.41, 5.74) is 1.79. The van der Waals surface area contributed by atoms with E-state index in [2.05, 4.69) is 5.10 Å². The molecule has 0 saturated carbocycles. The lowest BCUT2D eigenvalue weighted by molar-refractivity contribution is -0.386. The van der Waals surface area contributed by atoms with E-state index >= 15 is 0 Å². The fraction of sp³-hybridized carbons (Fsp3) is 0.200. The number of hydrogen-bond acceptors (Lipinski definition) is 4. The van der Waals surface area contributed by atoms with Gasteiger partial charge in [-0.2, -0.15) is 5.10 Å². The zero-order valence-electron chi connectivity index (χ0n) is 14.9. The van der Waals surface area contributed by atoms with Gasteiger partial charge in [0.15, 0.2) is 5.78 Å². The largest absolute Gasteiger partial charge is 0.312 e. The minimum Gasteiger partial charge on any atom is -0.293 e. The Balaban J connectivity index is 2.01. The number of benzene rings is 2. The number of nitro groups is 1. The van der Waals surface area contributed by atoms with Gasteiger partial charge in [0.05, 0.1) is 17.4 Å². The van der Waals surface area contributed by atoms with Crippen molar-refractivity contribution in [1.82, 2.24) is 9.78 Å². The first kappa shape index (κ1) is 18.4. The van der Waals surface area contributed by atoms with Gasteiger partial charge in [0, 0.05) is 5.56 Å². The smallest absolute Gasteiger partial charge is 0.293 e. The third-order valence-electron chi connectivity index (χ3n) is 4.53. The summed E-state index contributed by atoms with van der Waals surface area (Å²) in [6, 6.07) is 14.5. The third kappa shape index (κ3) is 3.76. The monoisotopic (exact) mass is 367 g/mol. The van der Waals surface area contributed by atoms with Crippen molar-refractivity contribution in [2.45, 2.75) is 26.3 Å². The Labute approximate surface area is 155 Å². The number of carbonyl (C=O) groups excluding carboxylic acids is 1. The van der Waals surface area contributed by atoms with E-state index in [4.69, 9.17) is 0 Å². The lowest BCUT2D eigenvalue weighted by Crippen LogP contribution is -2.20. The predicted octanol–water partition coefficient (Wildman–Crippen LogP) is 4.21. The first-order chi connectivity index (χ1) is 12.9. The third-order valence-corrected chi connectivity index (χ3v) is 4.53. The average Bonchev–Trinajstić information content (AvgIpc) is 2.94. The Kier molecular flexibility index (Phi) is 5.12. The van der Waals surface area contributed by atoms with Crippen molar-refractivity contribution in [1.29, 1.82) is 0 Å². The second kappa shape index (κ2) is 7.49. The molecule has 0 unspecified atom stereocenters. The first-order valence-corrected chi connectivity index (χ1v) is 8.41. The SMILES string of the molecule is Cc1nn(C[C@H](C(=O)c2ccc(F)cc2)c2ccccc2)c(C)c1[N+](=O)[O-]. The number of aryl methyl sites for hydroxylation is 1. The summed E-state index contributed by atoms with van der Waals surface area (Å²) >= 11 is 0. The summed E-state index contributed by atoms with van der Waals surface area (Å²) in [6.45, 7) is 3.34. The molecule has 3 rings (SSSR count). The fourth-order valence-corrected chi connectivity index (χ4v) is 3.14. The first-order valence-electron chi connectivity index (χ1n) is 8.41. The summed E-state index contributed by atoms with van der Waals surface area (Å²) in [6.07, 6.45) is 0. The molecule has 6 nitrogen and oxygen atoms in total. The van der Waals surface area contributed by atoms with Crippen LogP contribution in [0.25, 0.3) is 0 Å². The van der Waals surface area contributed by atoms with Gasteiger partial charge < -0.3 is 0 Å². The normalized spacial score (nSPS) is 12.0. The number of carbonyl (C=O) groups is 1. The van der Waals surface area contributed by atoms with Crippen molar-refractivity contribution in [2.24, 2.45) is 0 Å². The van der Waals surface area contributed by atoms with Crippen LogP contribution in [0.5, 0.6) is 0 Å². The van der Waals surface area contributed by atoms with E-state index in [0.29, 0.717) is 17.0 Å². The molecule has 1 heterocycles. The average molecular weight is 367 g/mol. The summed E-state index contributed by atoms with van der Waals surface area (Å²) < 4.78 is 14.7. The maximum atomic E-state index is 13.2. The number of aromatic nitrogens is 2. The molecule has 3 aromatic rings. The van der Waals surface area contributed by atoms with Gasteiger partial charge in [0.25, 0.3) is 0 Å². The number of Topliss-reactive ketones (excluding diaryl/α,β-unsaturated/α-hetero) is 1. The van der Waals surface area contributed by atoms with Gasteiger partial charge in [-0.15, -0.1) is 0 Å². The Morgan fingerprint density at radius 3 is 2.33 bits per heavy atom. The molecule has 0 aliphatic heterocycles. The van der Waals surface area contributed by atoms with Crippen LogP contribution in [-0.4, -0.2) is 20.5 Å². The van der Waals surface area contributed by atoms with E-state index in [1.807, 2.05) is 30.3 Å². The van der Waals surface area contributed by atoms with Crippen molar-refractivity contribution in [2.75, 3.05) is 0 Å². The lowest BCUT2D eigenvalue weighted by atomic mass is 9.90. The number of ketones is 1. The van der Waals surface area contributed by atoms with E-state index in [1.54, 1.807) is 13.8 Å². The molecule has 0 saturated heterocycles. The second-order valence-corrected chi connectivity index (χ2v) is 6.29. The van der Waals surface area contributed by atoms with Crippen molar-refractivity contribution in [3.8, 4) is 0 Å². The number of nitrogens with zero attached hydrogens (tertiary/aromatic N) is 3. The zero-order chi connectivity index (χ0) is 19.6. The van der Waals surface area contributed by atoms with Gasteiger partial charge in [-0.3, -0.25) is 19.6 Å². The fourth-order valence-electron chi connectivity index (χ4n) is 3.14. The van der Waals surface area contributed by atoms with Gasteiger partial charge in [-0.25, -0.2) is 4.39 Å². The maximum Gasteiger partial charge on any atom is 0.312 e. The molecule has 0 fully saturated rings. The zero-order valence-corrected chi connectivity index (χ0v) is 14.9. The molecule has 0 N–H and O–H groups in total. The van der Waals surface area contributed by atoms with Crippen LogP contribution in [0.3, 0.4) is 0 Å². The van der Waals surface area contributed by atoms with Crippen LogP contribution in [0.2, 0.25) is 0 Å². The highest BCUT2D eigenvalue weighted by atomic mass is 19.1. The molecule has 0 bridgehead atoms. The van der Waals surface area contributed by atoms with Crippen LogP contribution < -0.4 is 0 Å². The van der Waals surface area contributed by atoms with E-state index in [-0.39, 0.29) is 18.0 Å². The van der Waals surface area contributed by atoms with E-state index in [9.17, 15) is 19.3 Å². The van der Waals surface area contributed by atoms with E-state index in [0.717, 1.165) is 5.56 Å². The van der Waals surface area contributed by atoms with Gasteiger partial charge in [-0.05, 0) is 43.7 Å². The van der Waals surface area contributed by atoms with Crippen LogP contribution in [0.1, 0.15) is 33.2 Å². The predicted molar refractivity (Wildman–Crippen MR) is 98.3 cm³/mol. The molecule has 0 aliphatic rings. The Bertz CT molecular complexity index is 982. The molecular formula is C20H18FN3O3. The van der Waals surface area contributed by atoms with Crippen molar-refractivity contribution in [3.05, 3.63) is 93.0 Å². The Morgan fingerprint density at radius 1 is 1.15 bits per heavy atom. The van der Waals surface area contributed by atoms with Crippen molar-refractivity contribution < 1.29 is 14.1 Å². The lowest BCUT2D eigenvalue weighted by Gasteiger charge is -2.17. The molecule has 0 amide bonds. The van der Waals surface area contributed by atoms with Gasteiger partial charge in [0.2, 0.25) is 0 Å². The van der Waals surface area contributed by atoms with Crippen LogP contribution in [-0.2, 0) is 6.54 Å². The maximum absolute atomic E-state index is 13.2. The molecule has 0 radical (unpaired) electrons. The van der Waals surface area contributed by atoms with E-state index < -0.39 is 16.7 Å². The summed E-state index contributed by atoms with van der Waals surface area (Å²) in [4.78, 5) is 23.9. The van der Waals surface area contributed by atoms with Crippen molar-refractivity contribution >= 4 is 11.5 Å². The number of hydrogen-bond donors (Lipinski definition) is 0. The minimum atomic E-state index is -0.603. The molecule has 1 atom stereocenters. The van der Waals surface area contributed by atoms with Crippen LogP contribution >= 0.6 is 0 Å². The van der Waals surface area contributed by atoms with Crippen LogP contribution in [0, 0.1) is 29.8 Å².